The molecule has 1 heterocycles. The number of carbonyl (C=O) groups is 2. The normalized spacial score (nSPS) is 16.1. The van der Waals surface area contributed by atoms with E-state index in [1.807, 2.05) is 54.6 Å². The maximum Gasteiger partial charge on any atom is 0.229 e. The van der Waals surface area contributed by atoms with E-state index < -0.39 is 13.7 Å². The minimum absolute atomic E-state index is 0.0474. The predicted molar refractivity (Wildman–Crippen MR) is 186 cm³/mol. The van der Waals surface area contributed by atoms with Crippen molar-refractivity contribution in [3.05, 3.63) is 138 Å². The van der Waals surface area contributed by atoms with Gasteiger partial charge in [-0.1, -0.05) is 172 Å². The molecule has 2 atom stereocenters. The number of hydrogen-bond donors (Lipinski definition) is 0. The number of ether oxygens (including phenoxy) is 1. The number of rotatable bonds is 14. The first-order chi connectivity index (χ1) is 21.9. The zero-order chi connectivity index (χ0) is 31.7. The summed E-state index contributed by atoms with van der Waals surface area (Å²) in [6.07, 6.45) is 5.80. The van der Waals surface area contributed by atoms with Crippen LogP contribution in [0.15, 0.2) is 121 Å². The maximum atomic E-state index is 14.2. The third kappa shape index (κ3) is 7.21. The largest absolute Gasteiger partial charge is 0.359 e. The molecule has 4 aromatic rings. The average Bonchev–Trinajstić information content (AvgIpc) is 3.46. The van der Waals surface area contributed by atoms with Gasteiger partial charge in [-0.2, -0.15) is 0 Å². The van der Waals surface area contributed by atoms with Gasteiger partial charge in [-0.05, 0) is 28.7 Å². The Hall–Kier alpha value is -3.80. The average molecular weight is 618 g/mol. The summed E-state index contributed by atoms with van der Waals surface area (Å²) >= 11 is 0. The van der Waals surface area contributed by atoms with E-state index in [2.05, 4.69) is 86.7 Å². The number of carbonyl (C=O) groups excluding carboxylic acids is 2. The van der Waals surface area contributed by atoms with Crippen molar-refractivity contribution in [2.75, 3.05) is 6.61 Å². The Bertz CT molecular complexity index is 1410. The van der Waals surface area contributed by atoms with E-state index in [1.165, 1.54) is 5.19 Å². The monoisotopic (exact) mass is 617 g/mol. The zero-order valence-corrected chi connectivity index (χ0v) is 28.0. The van der Waals surface area contributed by atoms with Crippen molar-refractivity contribution in [1.82, 2.24) is 4.90 Å². The Balaban J connectivity index is 1.44. The molecule has 0 unspecified atom stereocenters. The Morgan fingerprint density at radius 2 is 1.29 bits per heavy atom. The van der Waals surface area contributed by atoms with Gasteiger partial charge in [0.15, 0.2) is 0 Å². The number of amides is 2. The Labute approximate surface area is 270 Å². The van der Waals surface area contributed by atoms with Crippen LogP contribution in [0.3, 0.4) is 0 Å². The van der Waals surface area contributed by atoms with E-state index in [-0.39, 0.29) is 30.0 Å². The summed E-state index contributed by atoms with van der Waals surface area (Å²) in [5.74, 6) is -0.126. The predicted octanol–water partition coefficient (Wildman–Crippen LogP) is 8.47. The highest BCUT2D eigenvalue weighted by Gasteiger charge is 2.43. The van der Waals surface area contributed by atoms with E-state index in [1.54, 1.807) is 4.90 Å². The highest BCUT2D eigenvalue weighted by Crippen LogP contribution is 2.41. The smallest absolute Gasteiger partial charge is 0.229 e. The molecule has 45 heavy (non-hydrogen) atoms. The van der Waals surface area contributed by atoms with Crippen LogP contribution in [0.4, 0.5) is 0 Å². The minimum atomic E-state index is -1.99. The molecule has 5 heteroatoms. The summed E-state index contributed by atoms with van der Waals surface area (Å²) in [5, 5.41) is 1.37. The van der Waals surface area contributed by atoms with Gasteiger partial charge in [-0.25, -0.2) is 0 Å². The van der Waals surface area contributed by atoms with Crippen LogP contribution < -0.4 is 5.19 Å². The summed E-state index contributed by atoms with van der Waals surface area (Å²) in [6, 6.07) is 41.2. The SMILES string of the molecule is CCCCC[C@@H](CC(=O)N1C(=O)CC[C@H]1COC(c1ccccc1)(c1ccccc1)c1ccccc1)[Si](C)(C)c1ccccc1. The topological polar surface area (TPSA) is 46.6 Å². The van der Waals surface area contributed by atoms with Crippen molar-refractivity contribution in [3.8, 4) is 0 Å². The van der Waals surface area contributed by atoms with Gasteiger partial charge in [0.05, 0.1) is 20.7 Å². The molecule has 0 bridgehead atoms. The molecule has 5 rings (SSSR count). The lowest BCUT2D eigenvalue weighted by Crippen LogP contribution is -2.49. The molecule has 234 valence electrons. The Morgan fingerprint density at radius 1 is 0.800 bits per heavy atom. The molecule has 4 nitrogen and oxygen atoms in total. The quantitative estimate of drug-likeness (QED) is 0.0810. The summed E-state index contributed by atoms with van der Waals surface area (Å²) in [5.41, 5.74) is 2.39. The Morgan fingerprint density at radius 3 is 1.78 bits per heavy atom. The van der Waals surface area contributed by atoms with Crippen LogP contribution in [0.5, 0.6) is 0 Å². The number of likely N-dealkylation sites (tertiary alicyclic amines) is 1. The lowest BCUT2D eigenvalue weighted by Gasteiger charge is -2.38. The first-order valence-electron chi connectivity index (χ1n) is 16.6. The van der Waals surface area contributed by atoms with E-state index >= 15 is 0 Å². The molecule has 0 radical (unpaired) electrons. The summed E-state index contributed by atoms with van der Waals surface area (Å²) in [7, 11) is -1.99. The van der Waals surface area contributed by atoms with Gasteiger partial charge in [0.1, 0.15) is 5.60 Å². The van der Waals surface area contributed by atoms with Crippen molar-refractivity contribution in [2.24, 2.45) is 0 Å². The zero-order valence-electron chi connectivity index (χ0n) is 27.0. The van der Waals surface area contributed by atoms with Crippen LogP contribution >= 0.6 is 0 Å². The van der Waals surface area contributed by atoms with E-state index in [0.29, 0.717) is 19.3 Å². The number of benzene rings is 4. The van der Waals surface area contributed by atoms with Crippen LogP contribution in [0.25, 0.3) is 0 Å². The third-order valence-corrected chi connectivity index (χ3v) is 14.1. The molecule has 0 saturated carbocycles. The van der Waals surface area contributed by atoms with Gasteiger partial charge in [-0.3, -0.25) is 14.5 Å². The Kier molecular flexibility index (Phi) is 10.9. The summed E-state index contributed by atoms with van der Waals surface area (Å²) in [6.45, 7) is 7.24. The second kappa shape index (κ2) is 15.0. The highest BCUT2D eigenvalue weighted by atomic mass is 28.3. The van der Waals surface area contributed by atoms with Crippen LogP contribution in [0.1, 0.15) is 68.6 Å². The summed E-state index contributed by atoms with van der Waals surface area (Å²) in [4.78, 5) is 29.1. The van der Waals surface area contributed by atoms with Crippen LogP contribution in [0.2, 0.25) is 18.6 Å². The second-order valence-corrected chi connectivity index (χ2v) is 17.8. The van der Waals surface area contributed by atoms with E-state index in [0.717, 1.165) is 42.4 Å². The van der Waals surface area contributed by atoms with Crippen molar-refractivity contribution in [2.45, 2.75) is 82.1 Å². The molecule has 0 aliphatic carbocycles. The van der Waals surface area contributed by atoms with Crippen molar-refractivity contribution in [1.29, 1.82) is 0 Å². The van der Waals surface area contributed by atoms with Crippen molar-refractivity contribution >= 4 is 25.1 Å². The lowest BCUT2D eigenvalue weighted by atomic mass is 9.80. The fourth-order valence-electron chi connectivity index (χ4n) is 7.00. The number of unbranched alkanes of at least 4 members (excludes halogenated alkanes) is 2. The first-order valence-corrected chi connectivity index (χ1v) is 19.7. The molecule has 1 fully saturated rings. The molecule has 4 aromatic carbocycles. The van der Waals surface area contributed by atoms with Gasteiger partial charge in [0.2, 0.25) is 11.8 Å². The van der Waals surface area contributed by atoms with E-state index in [4.69, 9.17) is 4.74 Å². The molecule has 2 amide bonds. The van der Waals surface area contributed by atoms with Gasteiger partial charge in [0.25, 0.3) is 0 Å². The first kappa shape index (κ1) is 32.6. The standard InChI is InChI=1S/C40H47NO3Si/c1-4-5-10-27-37(45(2,3)36-25-17-9-18-26-36)30-39(43)41-35(28-29-38(41)42)31-44-40(32-19-11-6-12-20-32,33-21-13-7-14-22-33)34-23-15-8-16-24-34/h6-9,11-26,35,37H,4-5,10,27-31H2,1-3H3/t35-,37-/m0/s1. The van der Waals surface area contributed by atoms with Gasteiger partial charge < -0.3 is 4.74 Å². The molecule has 1 aliphatic heterocycles. The summed E-state index contributed by atoms with van der Waals surface area (Å²) < 4.78 is 7.08. The third-order valence-electron chi connectivity index (χ3n) is 9.74. The fraction of sp³-hybridized carbons (Fsp3) is 0.350. The molecular weight excluding hydrogens is 571 g/mol. The molecular formula is C40H47NO3Si. The number of nitrogens with zero attached hydrogens (tertiary/aromatic N) is 1. The number of hydrogen-bond acceptors (Lipinski definition) is 3. The van der Waals surface area contributed by atoms with Gasteiger partial charge >= 0.3 is 0 Å². The van der Waals surface area contributed by atoms with Crippen LogP contribution in [-0.2, 0) is 19.9 Å². The van der Waals surface area contributed by atoms with Crippen molar-refractivity contribution in [3.63, 3.8) is 0 Å². The van der Waals surface area contributed by atoms with Crippen molar-refractivity contribution < 1.29 is 14.3 Å². The molecule has 1 saturated heterocycles. The van der Waals surface area contributed by atoms with Gasteiger partial charge in [-0.15, -0.1) is 0 Å². The maximum absolute atomic E-state index is 14.2. The molecule has 0 N–H and O–H groups in total. The lowest BCUT2D eigenvalue weighted by molar-refractivity contribution is -0.146. The van der Waals surface area contributed by atoms with E-state index in [9.17, 15) is 9.59 Å². The minimum Gasteiger partial charge on any atom is -0.359 e. The molecule has 0 spiro atoms. The second-order valence-electron chi connectivity index (χ2n) is 12.9. The van der Waals surface area contributed by atoms with Crippen LogP contribution in [-0.4, -0.2) is 37.4 Å². The van der Waals surface area contributed by atoms with Crippen LogP contribution in [0, 0.1) is 0 Å². The highest BCUT2D eigenvalue weighted by molar-refractivity contribution is 6.91. The molecule has 1 aliphatic rings. The fourth-order valence-corrected chi connectivity index (χ4v) is 10.1. The molecule has 0 aromatic heterocycles. The number of imide groups is 1. The van der Waals surface area contributed by atoms with Gasteiger partial charge in [0, 0.05) is 12.8 Å².